The Bertz CT molecular complexity index is 325. The Hall–Kier alpha value is -1.22. The maximum absolute atomic E-state index is 5.85. The predicted molar refractivity (Wildman–Crippen MR) is 57.3 cm³/mol. The van der Waals surface area contributed by atoms with Gasteiger partial charge in [-0.25, -0.2) is 0 Å². The molecule has 3 heteroatoms. The van der Waals surface area contributed by atoms with E-state index in [9.17, 15) is 0 Å². The van der Waals surface area contributed by atoms with Gasteiger partial charge in [0.15, 0.2) is 0 Å². The fourth-order valence-corrected chi connectivity index (χ4v) is 1.77. The van der Waals surface area contributed by atoms with E-state index in [1.807, 2.05) is 12.1 Å². The van der Waals surface area contributed by atoms with Gasteiger partial charge in [-0.1, -0.05) is 19.1 Å². The van der Waals surface area contributed by atoms with E-state index in [1.54, 1.807) is 0 Å². The normalized spacial score (nSPS) is 16.9. The molecule has 1 aliphatic rings. The number of rotatable bonds is 1. The highest BCUT2D eigenvalue weighted by Crippen LogP contribution is 2.28. The molecule has 14 heavy (non-hydrogen) atoms. The first-order valence-corrected chi connectivity index (χ1v) is 5.03. The molecule has 0 saturated carbocycles. The SMILES string of the molecule is CCN1CCOc2c(N)cccc2C1. The molecule has 0 atom stereocenters. The molecule has 1 aromatic rings. The molecular weight excluding hydrogens is 176 g/mol. The summed E-state index contributed by atoms with van der Waals surface area (Å²) in [6.07, 6.45) is 0. The average molecular weight is 192 g/mol. The predicted octanol–water partition coefficient (Wildman–Crippen LogP) is 1.48. The molecular formula is C11H16N2O. The van der Waals surface area contributed by atoms with E-state index >= 15 is 0 Å². The number of benzene rings is 1. The molecule has 1 aliphatic heterocycles. The number of likely N-dealkylation sites (N-methyl/N-ethyl adjacent to an activating group) is 1. The van der Waals surface area contributed by atoms with Gasteiger partial charge in [0.05, 0.1) is 5.69 Å². The number of ether oxygens (including phenoxy) is 1. The largest absolute Gasteiger partial charge is 0.490 e. The first kappa shape index (κ1) is 9.34. The minimum absolute atomic E-state index is 0.731. The zero-order valence-electron chi connectivity index (χ0n) is 8.49. The van der Waals surface area contributed by atoms with Gasteiger partial charge in [-0.05, 0) is 12.6 Å². The third kappa shape index (κ3) is 1.68. The summed E-state index contributed by atoms with van der Waals surface area (Å²) in [7, 11) is 0. The van der Waals surface area contributed by atoms with Crippen LogP contribution in [0.25, 0.3) is 0 Å². The zero-order chi connectivity index (χ0) is 9.97. The van der Waals surface area contributed by atoms with Crippen LogP contribution in [0.15, 0.2) is 18.2 Å². The standard InChI is InChI=1S/C11H16N2O/c1-2-13-6-7-14-11-9(8-13)4-3-5-10(11)12/h3-5H,2,6-8,12H2,1H3. The molecule has 2 N–H and O–H groups in total. The second-order valence-electron chi connectivity index (χ2n) is 3.55. The van der Waals surface area contributed by atoms with Crippen molar-refractivity contribution in [3.05, 3.63) is 23.8 Å². The Balaban J connectivity index is 2.32. The molecule has 0 amide bonds. The van der Waals surface area contributed by atoms with Crippen LogP contribution >= 0.6 is 0 Å². The maximum atomic E-state index is 5.85. The van der Waals surface area contributed by atoms with Gasteiger partial charge >= 0.3 is 0 Å². The molecule has 0 bridgehead atoms. The zero-order valence-corrected chi connectivity index (χ0v) is 8.49. The van der Waals surface area contributed by atoms with Crippen LogP contribution in [0.2, 0.25) is 0 Å². The minimum Gasteiger partial charge on any atom is -0.490 e. The van der Waals surface area contributed by atoms with E-state index in [0.717, 1.165) is 37.7 Å². The van der Waals surface area contributed by atoms with Gasteiger partial charge in [0.2, 0.25) is 0 Å². The van der Waals surface area contributed by atoms with Crippen LogP contribution in [0.3, 0.4) is 0 Å². The van der Waals surface area contributed by atoms with Gasteiger partial charge < -0.3 is 10.5 Å². The second-order valence-corrected chi connectivity index (χ2v) is 3.55. The molecule has 76 valence electrons. The summed E-state index contributed by atoms with van der Waals surface area (Å²) in [6.45, 7) is 5.87. The van der Waals surface area contributed by atoms with Crippen molar-refractivity contribution in [1.82, 2.24) is 4.90 Å². The van der Waals surface area contributed by atoms with E-state index in [1.165, 1.54) is 5.56 Å². The maximum Gasteiger partial charge on any atom is 0.146 e. The summed E-state index contributed by atoms with van der Waals surface area (Å²) in [4.78, 5) is 2.35. The monoisotopic (exact) mass is 192 g/mol. The molecule has 3 nitrogen and oxygen atoms in total. The summed E-state index contributed by atoms with van der Waals surface area (Å²) in [5.41, 5.74) is 7.80. The highest BCUT2D eigenvalue weighted by atomic mass is 16.5. The Kier molecular flexibility index (Phi) is 2.59. The number of para-hydroxylation sites is 1. The molecule has 1 aromatic carbocycles. The van der Waals surface area contributed by atoms with Crippen LogP contribution in [-0.2, 0) is 6.54 Å². The fraction of sp³-hybridized carbons (Fsp3) is 0.455. The summed E-state index contributed by atoms with van der Waals surface area (Å²) in [5, 5.41) is 0. The number of hydrogen-bond donors (Lipinski definition) is 1. The van der Waals surface area contributed by atoms with Crippen LogP contribution in [0.4, 0.5) is 5.69 Å². The van der Waals surface area contributed by atoms with Crippen molar-refractivity contribution in [2.24, 2.45) is 0 Å². The van der Waals surface area contributed by atoms with Gasteiger partial charge in [0, 0.05) is 18.7 Å². The lowest BCUT2D eigenvalue weighted by atomic mass is 10.1. The summed E-state index contributed by atoms with van der Waals surface area (Å²) in [6, 6.07) is 5.96. The number of nitrogen functional groups attached to an aromatic ring is 1. The Morgan fingerprint density at radius 2 is 2.36 bits per heavy atom. The number of anilines is 1. The molecule has 0 aromatic heterocycles. The molecule has 0 saturated heterocycles. The third-order valence-electron chi connectivity index (χ3n) is 2.62. The number of nitrogens with zero attached hydrogens (tertiary/aromatic N) is 1. The van der Waals surface area contributed by atoms with Crippen LogP contribution in [0.5, 0.6) is 5.75 Å². The lowest BCUT2D eigenvalue weighted by Crippen LogP contribution is -2.25. The molecule has 0 unspecified atom stereocenters. The van der Waals surface area contributed by atoms with E-state index < -0.39 is 0 Å². The van der Waals surface area contributed by atoms with E-state index in [2.05, 4.69) is 17.9 Å². The molecule has 0 aliphatic carbocycles. The van der Waals surface area contributed by atoms with Crippen molar-refractivity contribution in [2.45, 2.75) is 13.5 Å². The van der Waals surface area contributed by atoms with Crippen LogP contribution in [0, 0.1) is 0 Å². The highest BCUT2D eigenvalue weighted by molar-refractivity contribution is 5.56. The van der Waals surface area contributed by atoms with Gasteiger partial charge in [0.25, 0.3) is 0 Å². The van der Waals surface area contributed by atoms with Crippen molar-refractivity contribution in [3.8, 4) is 5.75 Å². The molecule has 2 rings (SSSR count). The topological polar surface area (TPSA) is 38.5 Å². The Labute approximate surface area is 84.5 Å². The van der Waals surface area contributed by atoms with Crippen molar-refractivity contribution >= 4 is 5.69 Å². The van der Waals surface area contributed by atoms with E-state index in [4.69, 9.17) is 10.5 Å². The fourth-order valence-electron chi connectivity index (χ4n) is 1.77. The Morgan fingerprint density at radius 3 is 3.14 bits per heavy atom. The van der Waals surface area contributed by atoms with E-state index in [-0.39, 0.29) is 0 Å². The molecule has 1 heterocycles. The van der Waals surface area contributed by atoms with Gasteiger partial charge in [-0.15, -0.1) is 0 Å². The van der Waals surface area contributed by atoms with Gasteiger partial charge in [0.1, 0.15) is 12.4 Å². The van der Waals surface area contributed by atoms with Crippen molar-refractivity contribution in [3.63, 3.8) is 0 Å². The minimum atomic E-state index is 0.731. The first-order chi connectivity index (χ1) is 6.81. The lowest BCUT2D eigenvalue weighted by molar-refractivity contribution is 0.235. The molecule has 0 fully saturated rings. The van der Waals surface area contributed by atoms with E-state index in [0.29, 0.717) is 0 Å². The van der Waals surface area contributed by atoms with Crippen molar-refractivity contribution < 1.29 is 4.74 Å². The Morgan fingerprint density at radius 1 is 1.50 bits per heavy atom. The quantitative estimate of drug-likeness (QED) is 0.685. The summed E-state index contributed by atoms with van der Waals surface area (Å²) < 4.78 is 5.64. The molecule has 0 radical (unpaired) electrons. The number of nitrogens with two attached hydrogens (primary N) is 1. The van der Waals surface area contributed by atoms with Gasteiger partial charge in [-0.3, -0.25) is 4.90 Å². The average Bonchev–Trinajstić information content (AvgIpc) is 2.40. The second kappa shape index (κ2) is 3.88. The van der Waals surface area contributed by atoms with Crippen LogP contribution in [-0.4, -0.2) is 24.6 Å². The smallest absolute Gasteiger partial charge is 0.146 e. The number of fused-ring (bicyclic) bond motifs is 1. The van der Waals surface area contributed by atoms with Crippen LogP contribution in [0.1, 0.15) is 12.5 Å². The van der Waals surface area contributed by atoms with Crippen LogP contribution < -0.4 is 10.5 Å². The van der Waals surface area contributed by atoms with Crippen molar-refractivity contribution in [1.29, 1.82) is 0 Å². The highest BCUT2D eigenvalue weighted by Gasteiger charge is 2.15. The van der Waals surface area contributed by atoms with Gasteiger partial charge in [-0.2, -0.15) is 0 Å². The first-order valence-electron chi connectivity index (χ1n) is 5.03. The molecule has 0 spiro atoms. The lowest BCUT2D eigenvalue weighted by Gasteiger charge is -2.15. The van der Waals surface area contributed by atoms with Crippen molar-refractivity contribution in [2.75, 3.05) is 25.4 Å². The summed E-state index contributed by atoms with van der Waals surface area (Å²) >= 11 is 0. The number of hydrogen-bond acceptors (Lipinski definition) is 3. The third-order valence-corrected chi connectivity index (χ3v) is 2.62. The summed E-state index contributed by atoms with van der Waals surface area (Å²) in [5.74, 6) is 0.878.